The van der Waals surface area contributed by atoms with Crippen LogP contribution in [0, 0.1) is 5.92 Å². The molecular weight excluding hydrogens is 242 g/mol. The molecule has 2 heterocycles. The van der Waals surface area contributed by atoms with Crippen LogP contribution in [0.25, 0.3) is 0 Å². The first-order chi connectivity index (χ1) is 8.74. The number of ether oxygens (including phenoxy) is 1. The van der Waals surface area contributed by atoms with Crippen LogP contribution in [0.4, 0.5) is 0 Å². The number of hydrogen-bond acceptors (Lipinski definition) is 3. The molecule has 0 amide bonds. The Balaban J connectivity index is 1.82. The number of hydrogen-bond donors (Lipinski definition) is 1. The van der Waals surface area contributed by atoms with Gasteiger partial charge in [0.1, 0.15) is 0 Å². The predicted octanol–water partition coefficient (Wildman–Crippen LogP) is 3.78. The van der Waals surface area contributed by atoms with Crippen LogP contribution in [-0.2, 0) is 11.2 Å². The van der Waals surface area contributed by atoms with Crippen molar-refractivity contribution in [1.29, 1.82) is 0 Å². The average molecular weight is 267 g/mol. The Morgan fingerprint density at radius 3 is 2.94 bits per heavy atom. The van der Waals surface area contributed by atoms with Gasteiger partial charge < -0.3 is 10.1 Å². The lowest BCUT2D eigenvalue weighted by molar-refractivity contribution is 0.0867. The van der Waals surface area contributed by atoms with Crippen LogP contribution in [0.15, 0.2) is 12.1 Å². The Kier molecular flexibility index (Phi) is 5.22. The zero-order valence-corrected chi connectivity index (χ0v) is 12.6. The van der Waals surface area contributed by atoms with Crippen molar-refractivity contribution in [2.45, 2.75) is 52.2 Å². The molecule has 0 radical (unpaired) electrons. The summed E-state index contributed by atoms with van der Waals surface area (Å²) in [4.78, 5) is 2.94. The zero-order chi connectivity index (χ0) is 13.0. The normalized spacial score (nSPS) is 25.5. The van der Waals surface area contributed by atoms with Crippen molar-refractivity contribution >= 4 is 11.3 Å². The average Bonchev–Trinajstić information content (AvgIpc) is 3.04. The van der Waals surface area contributed by atoms with Crippen LogP contribution < -0.4 is 5.32 Å². The van der Waals surface area contributed by atoms with E-state index in [0.29, 0.717) is 18.1 Å². The molecule has 3 atom stereocenters. The molecule has 2 rings (SSSR count). The Hall–Kier alpha value is -0.380. The van der Waals surface area contributed by atoms with E-state index in [0.717, 1.165) is 26.0 Å². The highest BCUT2D eigenvalue weighted by molar-refractivity contribution is 7.12. The summed E-state index contributed by atoms with van der Waals surface area (Å²) in [5, 5.41) is 3.67. The van der Waals surface area contributed by atoms with E-state index in [1.54, 1.807) is 0 Å². The van der Waals surface area contributed by atoms with Crippen LogP contribution in [0.2, 0.25) is 0 Å². The summed E-state index contributed by atoms with van der Waals surface area (Å²) >= 11 is 1.94. The molecule has 18 heavy (non-hydrogen) atoms. The minimum absolute atomic E-state index is 0.466. The molecule has 0 bridgehead atoms. The summed E-state index contributed by atoms with van der Waals surface area (Å²) in [7, 11) is 0. The Morgan fingerprint density at radius 1 is 1.44 bits per heavy atom. The molecule has 0 aromatic carbocycles. The van der Waals surface area contributed by atoms with Gasteiger partial charge in [-0.3, -0.25) is 0 Å². The largest absolute Gasteiger partial charge is 0.378 e. The van der Waals surface area contributed by atoms with Crippen LogP contribution in [-0.4, -0.2) is 19.3 Å². The summed E-state index contributed by atoms with van der Waals surface area (Å²) in [6.07, 6.45) is 3.97. The van der Waals surface area contributed by atoms with Crippen LogP contribution >= 0.6 is 11.3 Å². The van der Waals surface area contributed by atoms with E-state index >= 15 is 0 Å². The fourth-order valence-corrected chi connectivity index (χ4v) is 3.60. The van der Waals surface area contributed by atoms with Crippen LogP contribution in [0.1, 0.15) is 49.4 Å². The Labute approximate surface area is 115 Å². The van der Waals surface area contributed by atoms with Gasteiger partial charge in [0.2, 0.25) is 0 Å². The minimum atomic E-state index is 0.466. The van der Waals surface area contributed by atoms with Gasteiger partial charge in [0.25, 0.3) is 0 Å². The number of aryl methyl sites for hydroxylation is 1. The summed E-state index contributed by atoms with van der Waals surface area (Å²) in [5.74, 6) is 0.697. The van der Waals surface area contributed by atoms with Gasteiger partial charge in [-0.1, -0.05) is 13.8 Å². The van der Waals surface area contributed by atoms with Crippen molar-refractivity contribution < 1.29 is 4.74 Å². The predicted molar refractivity (Wildman–Crippen MR) is 78.3 cm³/mol. The van der Waals surface area contributed by atoms with Gasteiger partial charge in [-0.2, -0.15) is 0 Å². The second kappa shape index (κ2) is 6.69. The van der Waals surface area contributed by atoms with Gasteiger partial charge in [-0.05, 0) is 44.2 Å². The van der Waals surface area contributed by atoms with E-state index in [2.05, 4.69) is 38.2 Å². The van der Waals surface area contributed by atoms with E-state index in [1.807, 2.05) is 11.3 Å². The third-order valence-electron chi connectivity index (χ3n) is 3.89. The van der Waals surface area contributed by atoms with Crippen LogP contribution in [0.3, 0.4) is 0 Å². The summed E-state index contributed by atoms with van der Waals surface area (Å²) in [6.45, 7) is 8.73. The standard InChI is InChI=1S/C15H25NOS/c1-4-13-6-7-15(18-13)11(3)16-10-12-8-9-17-14(12)5-2/h6-7,11-12,14,16H,4-5,8-10H2,1-3H3. The highest BCUT2D eigenvalue weighted by Crippen LogP contribution is 2.26. The maximum atomic E-state index is 5.74. The quantitative estimate of drug-likeness (QED) is 0.847. The number of thiophene rings is 1. The van der Waals surface area contributed by atoms with Crippen molar-refractivity contribution in [2.24, 2.45) is 5.92 Å². The summed E-state index contributed by atoms with van der Waals surface area (Å²) in [6, 6.07) is 4.99. The van der Waals surface area contributed by atoms with Gasteiger partial charge in [0.15, 0.2) is 0 Å². The third-order valence-corrected chi connectivity index (χ3v) is 5.30. The molecule has 3 heteroatoms. The van der Waals surface area contributed by atoms with E-state index in [9.17, 15) is 0 Å². The highest BCUT2D eigenvalue weighted by atomic mass is 32.1. The molecule has 0 saturated carbocycles. The molecule has 1 aromatic heterocycles. The maximum absolute atomic E-state index is 5.74. The number of nitrogens with one attached hydrogen (secondary N) is 1. The van der Waals surface area contributed by atoms with E-state index in [-0.39, 0.29) is 0 Å². The lowest BCUT2D eigenvalue weighted by atomic mass is 9.99. The SMILES string of the molecule is CCc1ccc(C(C)NCC2CCOC2CC)s1. The first-order valence-electron chi connectivity index (χ1n) is 7.18. The number of rotatable bonds is 6. The van der Waals surface area contributed by atoms with E-state index in [4.69, 9.17) is 4.74 Å². The second-order valence-electron chi connectivity index (χ2n) is 5.15. The topological polar surface area (TPSA) is 21.3 Å². The zero-order valence-electron chi connectivity index (χ0n) is 11.7. The molecule has 102 valence electrons. The van der Waals surface area contributed by atoms with Crippen molar-refractivity contribution in [3.8, 4) is 0 Å². The molecule has 1 aliphatic rings. The van der Waals surface area contributed by atoms with E-state index < -0.39 is 0 Å². The molecule has 0 aliphatic carbocycles. The van der Waals surface area contributed by atoms with Gasteiger partial charge >= 0.3 is 0 Å². The molecule has 1 saturated heterocycles. The molecule has 1 aliphatic heterocycles. The molecule has 1 fully saturated rings. The Morgan fingerprint density at radius 2 is 2.28 bits per heavy atom. The molecular formula is C15H25NOS. The third kappa shape index (κ3) is 3.34. The maximum Gasteiger partial charge on any atom is 0.0613 e. The van der Waals surface area contributed by atoms with Crippen molar-refractivity contribution in [2.75, 3.05) is 13.2 Å². The summed E-state index contributed by atoms with van der Waals surface area (Å²) < 4.78 is 5.74. The molecule has 1 aromatic rings. The first-order valence-corrected chi connectivity index (χ1v) is 7.99. The fourth-order valence-electron chi connectivity index (χ4n) is 2.62. The lowest BCUT2D eigenvalue weighted by Gasteiger charge is -2.20. The second-order valence-corrected chi connectivity index (χ2v) is 6.35. The van der Waals surface area contributed by atoms with E-state index in [1.165, 1.54) is 16.2 Å². The first kappa shape index (κ1) is 14.0. The smallest absolute Gasteiger partial charge is 0.0613 e. The molecule has 2 nitrogen and oxygen atoms in total. The van der Waals surface area contributed by atoms with Gasteiger partial charge in [0, 0.05) is 28.9 Å². The monoisotopic (exact) mass is 267 g/mol. The van der Waals surface area contributed by atoms with Gasteiger partial charge in [0.05, 0.1) is 6.10 Å². The summed E-state index contributed by atoms with van der Waals surface area (Å²) in [5.41, 5.74) is 0. The Bertz CT molecular complexity index is 363. The molecule has 1 N–H and O–H groups in total. The van der Waals surface area contributed by atoms with Gasteiger partial charge in [-0.15, -0.1) is 11.3 Å². The van der Waals surface area contributed by atoms with Crippen LogP contribution in [0.5, 0.6) is 0 Å². The van der Waals surface area contributed by atoms with Crippen molar-refractivity contribution in [1.82, 2.24) is 5.32 Å². The molecule has 3 unspecified atom stereocenters. The highest BCUT2D eigenvalue weighted by Gasteiger charge is 2.26. The van der Waals surface area contributed by atoms with Gasteiger partial charge in [-0.25, -0.2) is 0 Å². The lowest BCUT2D eigenvalue weighted by Crippen LogP contribution is -2.29. The van der Waals surface area contributed by atoms with Crippen molar-refractivity contribution in [3.05, 3.63) is 21.9 Å². The minimum Gasteiger partial charge on any atom is -0.378 e. The molecule has 0 spiro atoms. The fraction of sp³-hybridized carbons (Fsp3) is 0.733. The van der Waals surface area contributed by atoms with Crippen molar-refractivity contribution in [3.63, 3.8) is 0 Å².